The molecular weight excluding hydrogens is 233 g/mol. The molecule has 98 valence electrons. The van der Waals surface area contributed by atoms with E-state index in [2.05, 4.69) is 17.2 Å². The van der Waals surface area contributed by atoms with E-state index in [4.69, 9.17) is 9.47 Å². The highest BCUT2D eigenvalue weighted by Crippen LogP contribution is 2.16. The third kappa shape index (κ3) is 5.67. The molecule has 0 spiro atoms. The molecule has 0 aliphatic rings. The highest BCUT2D eigenvalue weighted by atomic mass is 19.1. The Morgan fingerprint density at radius 1 is 1.33 bits per heavy atom. The molecule has 0 aliphatic carbocycles. The van der Waals surface area contributed by atoms with Crippen molar-refractivity contribution >= 4 is 0 Å². The third-order valence-corrected chi connectivity index (χ3v) is 2.23. The summed E-state index contributed by atoms with van der Waals surface area (Å²) in [6.07, 6.45) is 0. The molecule has 4 heteroatoms. The highest BCUT2D eigenvalue weighted by Gasteiger charge is 2.01. The van der Waals surface area contributed by atoms with E-state index in [9.17, 15) is 4.39 Å². The van der Waals surface area contributed by atoms with Crippen molar-refractivity contribution in [3.63, 3.8) is 0 Å². The summed E-state index contributed by atoms with van der Waals surface area (Å²) in [5.74, 6) is 5.69. The Balaban J connectivity index is 2.53. The van der Waals surface area contributed by atoms with E-state index in [-0.39, 0.29) is 12.4 Å². The van der Waals surface area contributed by atoms with Crippen LogP contribution in [0.2, 0.25) is 0 Å². The Hall–Kier alpha value is -1.57. The Bertz CT molecular complexity index is 424. The lowest BCUT2D eigenvalue weighted by molar-refractivity contribution is 0.199. The van der Waals surface area contributed by atoms with Crippen molar-refractivity contribution in [1.82, 2.24) is 5.32 Å². The van der Waals surface area contributed by atoms with Gasteiger partial charge in [-0.15, -0.1) is 5.92 Å². The molecule has 0 fully saturated rings. The maximum absolute atomic E-state index is 13.3. The van der Waals surface area contributed by atoms with E-state index in [1.807, 2.05) is 0 Å². The monoisotopic (exact) mass is 251 g/mol. The number of halogens is 1. The second-order valence-electron chi connectivity index (χ2n) is 3.68. The molecule has 1 aromatic carbocycles. The van der Waals surface area contributed by atoms with E-state index >= 15 is 0 Å². The maximum atomic E-state index is 13.3. The van der Waals surface area contributed by atoms with Gasteiger partial charge in [-0.2, -0.15) is 0 Å². The van der Waals surface area contributed by atoms with Gasteiger partial charge < -0.3 is 14.8 Å². The van der Waals surface area contributed by atoms with Crippen molar-refractivity contribution < 1.29 is 13.9 Å². The van der Waals surface area contributed by atoms with Crippen molar-refractivity contribution in [2.24, 2.45) is 0 Å². The summed E-state index contributed by atoms with van der Waals surface area (Å²) in [5, 5.41) is 3.15. The SMILES string of the molecule is CC#CCOc1cc(F)cc(CNCCOC)c1. The molecule has 18 heavy (non-hydrogen) atoms. The van der Waals surface area contributed by atoms with Crippen LogP contribution in [0.4, 0.5) is 4.39 Å². The maximum Gasteiger partial charge on any atom is 0.149 e. The molecule has 0 saturated carbocycles. The number of hydrogen-bond donors (Lipinski definition) is 1. The van der Waals surface area contributed by atoms with Gasteiger partial charge in [0.25, 0.3) is 0 Å². The second-order valence-corrected chi connectivity index (χ2v) is 3.68. The molecule has 0 unspecified atom stereocenters. The van der Waals surface area contributed by atoms with Crippen LogP contribution in [0, 0.1) is 17.7 Å². The van der Waals surface area contributed by atoms with Gasteiger partial charge in [-0.1, -0.05) is 5.92 Å². The molecular formula is C14H18FNO2. The molecule has 0 aromatic heterocycles. The van der Waals surface area contributed by atoms with E-state index < -0.39 is 0 Å². The predicted octanol–water partition coefficient (Wildman–Crippen LogP) is 1.96. The summed E-state index contributed by atoms with van der Waals surface area (Å²) < 4.78 is 23.6. The van der Waals surface area contributed by atoms with Crippen LogP contribution in [0.1, 0.15) is 12.5 Å². The zero-order valence-corrected chi connectivity index (χ0v) is 10.8. The van der Waals surface area contributed by atoms with Gasteiger partial charge in [0, 0.05) is 26.3 Å². The van der Waals surface area contributed by atoms with E-state index in [1.165, 1.54) is 12.1 Å². The van der Waals surface area contributed by atoms with Gasteiger partial charge in [0.1, 0.15) is 18.2 Å². The fourth-order valence-electron chi connectivity index (χ4n) is 1.40. The molecule has 0 heterocycles. The quantitative estimate of drug-likeness (QED) is 0.593. The number of ether oxygens (including phenoxy) is 2. The van der Waals surface area contributed by atoms with Gasteiger partial charge in [0.2, 0.25) is 0 Å². The molecule has 3 nitrogen and oxygen atoms in total. The molecule has 1 aromatic rings. The van der Waals surface area contributed by atoms with Crippen molar-refractivity contribution in [3.8, 4) is 17.6 Å². The number of benzene rings is 1. The molecule has 1 rings (SSSR count). The Morgan fingerprint density at radius 2 is 2.17 bits per heavy atom. The van der Waals surface area contributed by atoms with Crippen LogP contribution in [0.3, 0.4) is 0 Å². The van der Waals surface area contributed by atoms with Crippen LogP contribution in [0.25, 0.3) is 0 Å². The van der Waals surface area contributed by atoms with E-state index in [0.717, 1.165) is 12.1 Å². The van der Waals surface area contributed by atoms with Crippen LogP contribution in [0.5, 0.6) is 5.75 Å². The van der Waals surface area contributed by atoms with Gasteiger partial charge in [0.05, 0.1) is 6.61 Å². The number of nitrogens with one attached hydrogen (secondary N) is 1. The van der Waals surface area contributed by atoms with Crippen LogP contribution in [-0.2, 0) is 11.3 Å². The average molecular weight is 251 g/mol. The normalized spacial score (nSPS) is 9.72. The first kappa shape index (κ1) is 14.5. The topological polar surface area (TPSA) is 30.5 Å². The van der Waals surface area contributed by atoms with Crippen LogP contribution < -0.4 is 10.1 Å². The molecule has 1 N–H and O–H groups in total. The zero-order valence-electron chi connectivity index (χ0n) is 10.8. The van der Waals surface area contributed by atoms with Crippen molar-refractivity contribution in [1.29, 1.82) is 0 Å². The fraction of sp³-hybridized carbons (Fsp3) is 0.429. The first-order valence-electron chi connectivity index (χ1n) is 5.77. The lowest BCUT2D eigenvalue weighted by atomic mass is 10.2. The van der Waals surface area contributed by atoms with Gasteiger partial charge in [-0.05, 0) is 24.6 Å². The van der Waals surface area contributed by atoms with Gasteiger partial charge in [-0.3, -0.25) is 0 Å². The average Bonchev–Trinajstić information content (AvgIpc) is 2.34. The van der Waals surface area contributed by atoms with Crippen molar-refractivity contribution in [2.45, 2.75) is 13.5 Å². The Morgan fingerprint density at radius 3 is 2.89 bits per heavy atom. The molecule has 0 radical (unpaired) electrons. The molecule has 0 atom stereocenters. The van der Waals surface area contributed by atoms with Gasteiger partial charge in [0.15, 0.2) is 0 Å². The summed E-state index contributed by atoms with van der Waals surface area (Å²) in [6, 6.07) is 4.65. The Kier molecular flexibility index (Phi) is 6.85. The zero-order chi connectivity index (χ0) is 13.2. The highest BCUT2D eigenvalue weighted by molar-refractivity contribution is 5.30. The predicted molar refractivity (Wildman–Crippen MR) is 68.9 cm³/mol. The number of rotatable bonds is 7. The third-order valence-electron chi connectivity index (χ3n) is 2.23. The summed E-state index contributed by atoms with van der Waals surface area (Å²) in [6.45, 7) is 3.95. The molecule has 0 amide bonds. The van der Waals surface area contributed by atoms with Crippen LogP contribution in [0.15, 0.2) is 18.2 Å². The molecule has 0 aliphatic heterocycles. The minimum atomic E-state index is -0.305. The summed E-state index contributed by atoms with van der Waals surface area (Å²) in [5.41, 5.74) is 0.838. The second kappa shape index (κ2) is 8.51. The summed E-state index contributed by atoms with van der Waals surface area (Å²) in [7, 11) is 1.64. The first-order chi connectivity index (χ1) is 8.76. The molecule has 0 saturated heterocycles. The van der Waals surface area contributed by atoms with Crippen molar-refractivity contribution in [3.05, 3.63) is 29.6 Å². The van der Waals surface area contributed by atoms with Gasteiger partial charge >= 0.3 is 0 Å². The number of methoxy groups -OCH3 is 1. The fourth-order valence-corrected chi connectivity index (χ4v) is 1.40. The minimum absolute atomic E-state index is 0.274. The van der Waals surface area contributed by atoms with Crippen LogP contribution >= 0.6 is 0 Å². The van der Waals surface area contributed by atoms with Gasteiger partial charge in [-0.25, -0.2) is 4.39 Å². The summed E-state index contributed by atoms with van der Waals surface area (Å²) >= 11 is 0. The lowest BCUT2D eigenvalue weighted by Gasteiger charge is -2.07. The first-order valence-corrected chi connectivity index (χ1v) is 5.77. The standard InChI is InChI=1S/C14H18FNO2/c1-3-4-6-18-14-9-12(8-13(15)10-14)11-16-5-7-17-2/h8-10,16H,5-7,11H2,1-2H3. The van der Waals surface area contributed by atoms with Crippen LogP contribution in [-0.4, -0.2) is 26.9 Å². The Labute approximate surface area is 107 Å². The minimum Gasteiger partial charge on any atom is -0.481 e. The van der Waals surface area contributed by atoms with E-state index in [1.54, 1.807) is 20.1 Å². The van der Waals surface area contributed by atoms with Crippen molar-refractivity contribution in [2.75, 3.05) is 26.9 Å². The smallest absolute Gasteiger partial charge is 0.149 e. The van der Waals surface area contributed by atoms with E-state index in [0.29, 0.717) is 18.9 Å². The summed E-state index contributed by atoms with van der Waals surface area (Å²) in [4.78, 5) is 0. The molecule has 0 bridgehead atoms. The number of hydrogen-bond acceptors (Lipinski definition) is 3. The largest absolute Gasteiger partial charge is 0.481 e. The lowest BCUT2D eigenvalue weighted by Crippen LogP contribution is -2.18.